The minimum Gasteiger partial charge on any atom is -0.497 e. The van der Waals surface area contributed by atoms with Crippen LogP contribution in [0.2, 0.25) is 5.02 Å². The number of benzene rings is 1. The number of aliphatic hydroxyl groups excluding tert-OH is 1. The van der Waals surface area contributed by atoms with Crippen molar-refractivity contribution in [2.24, 2.45) is 0 Å². The van der Waals surface area contributed by atoms with E-state index in [0.29, 0.717) is 11.0 Å². The highest BCUT2D eigenvalue weighted by atomic mass is 35.5. The van der Waals surface area contributed by atoms with Crippen molar-refractivity contribution in [3.05, 3.63) is 47.2 Å². The van der Waals surface area contributed by atoms with Crippen LogP contribution in [0.1, 0.15) is 11.6 Å². The summed E-state index contributed by atoms with van der Waals surface area (Å²) in [5.74, 6) is 1.18. The predicted octanol–water partition coefficient (Wildman–Crippen LogP) is 2.28. The first kappa shape index (κ1) is 13.6. The molecule has 6 heteroatoms. The zero-order chi connectivity index (χ0) is 13.7. The van der Waals surface area contributed by atoms with E-state index in [2.05, 4.69) is 15.3 Å². The predicted molar refractivity (Wildman–Crippen MR) is 73.5 cm³/mol. The normalized spacial score (nSPS) is 11.9. The van der Waals surface area contributed by atoms with Gasteiger partial charge in [-0.15, -0.1) is 0 Å². The molecule has 100 valence electrons. The molecule has 2 rings (SSSR count). The smallest absolute Gasteiger partial charge is 0.223 e. The van der Waals surface area contributed by atoms with E-state index in [0.717, 1.165) is 11.3 Å². The molecule has 19 heavy (non-hydrogen) atoms. The molecule has 5 nitrogen and oxygen atoms in total. The molecule has 1 aromatic carbocycles. The van der Waals surface area contributed by atoms with Crippen molar-refractivity contribution in [2.45, 2.75) is 6.04 Å². The number of rotatable bonds is 5. The van der Waals surface area contributed by atoms with E-state index < -0.39 is 0 Å². The number of nitrogens with zero attached hydrogens (tertiary/aromatic N) is 2. The van der Waals surface area contributed by atoms with Gasteiger partial charge >= 0.3 is 0 Å². The van der Waals surface area contributed by atoms with Crippen molar-refractivity contribution in [1.82, 2.24) is 9.97 Å². The number of nitrogens with one attached hydrogen (secondary N) is 1. The molecule has 1 aromatic heterocycles. The summed E-state index contributed by atoms with van der Waals surface area (Å²) < 4.78 is 5.09. The van der Waals surface area contributed by atoms with E-state index in [1.165, 1.54) is 12.4 Å². The van der Waals surface area contributed by atoms with Crippen LogP contribution in [0.5, 0.6) is 5.75 Å². The van der Waals surface area contributed by atoms with E-state index in [9.17, 15) is 5.11 Å². The van der Waals surface area contributed by atoms with Crippen LogP contribution in [0.25, 0.3) is 0 Å². The van der Waals surface area contributed by atoms with Crippen LogP contribution in [0.3, 0.4) is 0 Å². The molecule has 0 radical (unpaired) electrons. The number of halogens is 1. The van der Waals surface area contributed by atoms with E-state index >= 15 is 0 Å². The number of anilines is 1. The Labute approximate surface area is 116 Å². The molecular formula is C13H14ClN3O2. The maximum Gasteiger partial charge on any atom is 0.223 e. The fraction of sp³-hybridized carbons (Fsp3) is 0.231. The summed E-state index contributed by atoms with van der Waals surface area (Å²) in [4.78, 5) is 8.07. The van der Waals surface area contributed by atoms with Crippen molar-refractivity contribution < 1.29 is 9.84 Å². The van der Waals surface area contributed by atoms with Gasteiger partial charge in [0, 0.05) is 0 Å². The second-order valence-corrected chi connectivity index (χ2v) is 4.31. The Hall–Kier alpha value is -1.85. The third kappa shape index (κ3) is 3.56. The first-order chi connectivity index (χ1) is 9.22. The van der Waals surface area contributed by atoms with Gasteiger partial charge in [-0.3, -0.25) is 0 Å². The van der Waals surface area contributed by atoms with Crippen LogP contribution >= 0.6 is 11.6 Å². The SMILES string of the molecule is COc1ccc(C(CO)Nc2ncc(Cl)cn2)cc1. The van der Waals surface area contributed by atoms with E-state index in [1.807, 2.05) is 24.3 Å². The Morgan fingerprint density at radius 3 is 2.42 bits per heavy atom. The van der Waals surface area contributed by atoms with Gasteiger partial charge in [-0.05, 0) is 17.7 Å². The van der Waals surface area contributed by atoms with Crippen molar-refractivity contribution >= 4 is 17.5 Å². The highest BCUT2D eigenvalue weighted by molar-refractivity contribution is 6.30. The van der Waals surface area contributed by atoms with Gasteiger partial charge in [0.1, 0.15) is 5.75 Å². The van der Waals surface area contributed by atoms with Crippen molar-refractivity contribution in [3.63, 3.8) is 0 Å². The molecule has 2 aromatic rings. The molecule has 1 heterocycles. The van der Waals surface area contributed by atoms with Gasteiger partial charge in [0.25, 0.3) is 0 Å². The number of hydrogen-bond donors (Lipinski definition) is 2. The van der Waals surface area contributed by atoms with Gasteiger partial charge in [-0.25, -0.2) is 9.97 Å². The van der Waals surface area contributed by atoms with E-state index in [-0.39, 0.29) is 12.6 Å². The van der Waals surface area contributed by atoms with Crippen LogP contribution in [-0.4, -0.2) is 28.8 Å². The van der Waals surface area contributed by atoms with Crippen LogP contribution in [-0.2, 0) is 0 Å². The maximum atomic E-state index is 9.45. The summed E-state index contributed by atoms with van der Waals surface area (Å²) in [6, 6.07) is 7.14. The van der Waals surface area contributed by atoms with Crippen molar-refractivity contribution in [1.29, 1.82) is 0 Å². The number of methoxy groups -OCH3 is 1. The second kappa shape index (κ2) is 6.36. The first-order valence-corrected chi connectivity index (χ1v) is 6.09. The quantitative estimate of drug-likeness (QED) is 0.879. The minimum atomic E-state index is -0.285. The molecule has 0 aliphatic rings. The fourth-order valence-electron chi connectivity index (χ4n) is 1.61. The molecule has 0 aliphatic heterocycles. The summed E-state index contributed by atoms with van der Waals surface area (Å²) in [5, 5.41) is 13.0. The number of hydrogen-bond acceptors (Lipinski definition) is 5. The van der Waals surface area contributed by atoms with Gasteiger partial charge < -0.3 is 15.2 Å². The summed E-state index contributed by atoms with van der Waals surface area (Å²) >= 11 is 5.72. The molecule has 2 N–H and O–H groups in total. The second-order valence-electron chi connectivity index (χ2n) is 3.88. The molecular weight excluding hydrogens is 266 g/mol. The van der Waals surface area contributed by atoms with Crippen LogP contribution < -0.4 is 10.1 Å². The molecule has 0 aliphatic carbocycles. The zero-order valence-electron chi connectivity index (χ0n) is 10.4. The Morgan fingerprint density at radius 2 is 1.89 bits per heavy atom. The summed E-state index contributed by atoms with van der Waals surface area (Å²) in [6.07, 6.45) is 3.00. The Bertz CT molecular complexity index is 516. The molecule has 0 fully saturated rings. The summed E-state index contributed by atoms with van der Waals surface area (Å²) in [5.41, 5.74) is 0.918. The van der Waals surface area contributed by atoms with E-state index in [4.69, 9.17) is 16.3 Å². The Balaban J connectivity index is 2.12. The average Bonchev–Trinajstić information content (AvgIpc) is 2.47. The first-order valence-electron chi connectivity index (χ1n) is 5.72. The highest BCUT2D eigenvalue weighted by Gasteiger charge is 2.11. The monoisotopic (exact) mass is 279 g/mol. The Morgan fingerprint density at radius 1 is 1.26 bits per heavy atom. The molecule has 0 bridgehead atoms. The molecule has 0 amide bonds. The third-order valence-corrected chi connectivity index (χ3v) is 2.82. The van der Waals surface area contributed by atoms with Crippen molar-refractivity contribution in [2.75, 3.05) is 19.0 Å². The number of ether oxygens (including phenoxy) is 1. The largest absolute Gasteiger partial charge is 0.497 e. The number of aliphatic hydroxyl groups is 1. The summed E-state index contributed by atoms with van der Waals surface area (Å²) in [7, 11) is 1.61. The highest BCUT2D eigenvalue weighted by Crippen LogP contribution is 2.20. The lowest BCUT2D eigenvalue weighted by molar-refractivity contribution is 0.275. The van der Waals surface area contributed by atoms with Crippen LogP contribution in [0.15, 0.2) is 36.7 Å². The third-order valence-electron chi connectivity index (χ3n) is 2.62. The topological polar surface area (TPSA) is 67.3 Å². The fourth-order valence-corrected chi connectivity index (χ4v) is 1.71. The Kier molecular flexibility index (Phi) is 4.54. The summed E-state index contributed by atoms with van der Waals surface area (Å²) in [6.45, 7) is -0.0711. The van der Waals surface area contributed by atoms with E-state index in [1.54, 1.807) is 7.11 Å². The molecule has 0 saturated heterocycles. The molecule has 0 spiro atoms. The standard InChI is InChI=1S/C13H14ClN3O2/c1-19-11-4-2-9(3-5-11)12(8-18)17-13-15-6-10(14)7-16-13/h2-7,12,18H,8H2,1H3,(H,15,16,17). The zero-order valence-corrected chi connectivity index (χ0v) is 11.1. The van der Waals surface area contributed by atoms with Crippen molar-refractivity contribution in [3.8, 4) is 5.75 Å². The van der Waals surface area contributed by atoms with Crippen LogP contribution in [0.4, 0.5) is 5.95 Å². The van der Waals surface area contributed by atoms with Gasteiger partial charge in [0.15, 0.2) is 0 Å². The number of aromatic nitrogens is 2. The minimum absolute atomic E-state index is 0.0711. The van der Waals surface area contributed by atoms with Gasteiger partial charge in [0.05, 0.1) is 37.2 Å². The van der Waals surface area contributed by atoms with Gasteiger partial charge in [-0.2, -0.15) is 0 Å². The van der Waals surface area contributed by atoms with Gasteiger partial charge in [-0.1, -0.05) is 23.7 Å². The lowest BCUT2D eigenvalue weighted by atomic mass is 10.1. The average molecular weight is 280 g/mol. The molecule has 0 saturated carbocycles. The lowest BCUT2D eigenvalue weighted by Gasteiger charge is -2.16. The van der Waals surface area contributed by atoms with Crippen LogP contribution in [0, 0.1) is 0 Å². The maximum absolute atomic E-state index is 9.45. The molecule has 1 atom stereocenters. The molecule has 1 unspecified atom stereocenters. The van der Waals surface area contributed by atoms with Gasteiger partial charge in [0.2, 0.25) is 5.95 Å². The lowest BCUT2D eigenvalue weighted by Crippen LogP contribution is -2.16.